The number of hydrogen-bond acceptors (Lipinski definition) is 2. The van der Waals surface area contributed by atoms with E-state index in [-0.39, 0.29) is 16.8 Å². The highest BCUT2D eigenvalue weighted by molar-refractivity contribution is 5.56. The summed E-state index contributed by atoms with van der Waals surface area (Å²) in [6.07, 6.45) is 1.12. The van der Waals surface area contributed by atoms with Gasteiger partial charge in [0.25, 0.3) is 0 Å². The molecule has 1 aliphatic heterocycles. The van der Waals surface area contributed by atoms with Gasteiger partial charge in [-0.1, -0.05) is 26.0 Å². The topological polar surface area (TPSA) is 15.3 Å². The molecular weight excluding hydrogens is 251 g/mol. The van der Waals surface area contributed by atoms with Crippen LogP contribution in [0.1, 0.15) is 46.6 Å². The van der Waals surface area contributed by atoms with Crippen LogP contribution in [0.3, 0.4) is 0 Å². The molecule has 0 atom stereocenters. The quantitative estimate of drug-likeness (QED) is 0.900. The molecule has 0 spiro atoms. The second-order valence-electron chi connectivity index (χ2n) is 7.69. The van der Waals surface area contributed by atoms with E-state index in [1.54, 1.807) is 12.1 Å². The van der Waals surface area contributed by atoms with Gasteiger partial charge >= 0.3 is 0 Å². The van der Waals surface area contributed by atoms with E-state index in [4.69, 9.17) is 0 Å². The van der Waals surface area contributed by atoms with E-state index in [1.165, 1.54) is 0 Å². The van der Waals surface area contributed by atoms with Crippen LogP contribution < -0.4 is 10.2 Å². The van der Waals surface area contributed by atoms with Gasteiger partial charge in [0.1, 0.15) is 5.82 Å². The van der Waals surface area contributed by atoms with Crippen molar-refractivity contribution in [3.8, 4) is 0 Å². The molecule has 2 nitrogen and oxygen atoms in total. The van der Waals surface area contributed by atoms with Crippen molar-refractivity contribution in [3.63, 3.8) is 0 Å². The summed E-state index contributed by atoms with van der Waals surface area (Å²) in [5.41, 5.74) is 2.15. The maximum absolute atomic E-state index is 14.3. The molecule has 112 valence electrons. The van der Waals surface area contributed by atoms with E-state index in [0.717, 1.165) is 30.8 Å². The van der Waals surface area contributed by atoms with Crippen LogP contribution in [0.15, 0.2) is 18.2 Å². The van der Waals surface area contributed by atoms with Gasteiger partial charge in [0.2, 0.25) is 0 Å². The highest BCUT2D eigenvalue weighted by Gasteiger charge is 2.31. The van der Waals surface area contributed by atoms with Crippen LogP contribution in [0.4, 0.5) is 10.1 Å². The van der Waals surface area contributed by atoms with Crippen molar-refractivity contribution in [3.05, 3.63) is 29.6 Å². The number of anilines is 1. The predicted molar refractivity (Wildman–Crippen MR) is 83.6 cm³/mol. The molecule has 1 aromatic rings. The summed E-state index contributed by atoms with van der Waals surface area (Å²) >= 11 is 0. The Balaban J connectivity index is 2.23. The van der Waals surface area contributed by atoms with Gasteiger partial charge in [-0.15, -0.1) is 0 Å². The lowest BCUT2D eigenvalue weighted by molar-refractivity contribution is 0.416. The zero-order valence-corrected chi connectivity index (χ0v) is 13.4. The monoisotopic (exact) mass is 278 g/mol. The van der Waals surface area contributed by atoms with Crippen molar-refractivity contribution in [2.24, 2.45) is 5.41 Å². The lowest BCUT2D eigenvalue weighted by Gasteiger charge is -2.27. The van der Waals surface area contributed by atoms with E-state index in [2.05, 4.69) is 44.8 Å². The summed E-state index contributed by atoms with van der Waals surface area (Å²) in [7, 11) is 0. The minimum Gasteiger partial charge on any atom is -0.368 e. The fourth-order valence-corrected chi connectivity index (χ4v) is 2.72. The molecule has 0 unspecified atom stereocenters. The summed E-state index contributed by atoms with van der Waals surface area (Å²) in [6, 6.07) is 5.41. The Bertz CT molecular complexity index is 474. The third-order valence-corrected chi connectivity index (χ3v) is 3.87. The number of hydrogen-bond donors (Lipinski definition) is 1. The van der Waals surface area contributed by atoms with Crippen LogP contribution in [-0.2, 0) is 6.54 Å². The van der Waals surface area contributed by atoms with Crippen molar-refractivity contribution in [1.29, 1.82) is 0 Å². The van der Waals surface area contributed by atoms with Crippen molar-refractivity contribution in [2.75, 3.05) is 18.0 Å². The minimum absolute atomic E-state index is 0.0356. The van der Waals surface area contributed by atoms with Crippen LogP contribution in [0, 0.1) is 11.2 Å². The molecule has 1 aliphatic rings. The average molecular weight is 278 g/mol. The van der Waals surface area contributed by atoms with Crippen LogP contribution in [0.5, 0.6) is 0 Å². The fourth-order valence-electron chi connectivity index (χ4n) is 2.72. The molecule has 1 N–H and O–H groups in total. The molecule has 1 aromatic carbocycles. The molecule has 0 amide bonds. The van der Waals surface area contributed by atoms with Gasteiger partial charge in [0.15, 0.2) is 0 Å². The molecule has 0 aromatic heterocycles. The molecule has 0 radical (unpaired) electrons. The SMILES string of the molecule is CC1(C)CCN(c2c(F)cccc2CNC(C)(C)C)C1. The van der Waals surface area contributed by atoms with Crippen molar-refractivity contribution < 1.29 is 4.39 Å². The van der Waals surface area contributed by atoms with Gasteiger partial charge < -0.3 is 10.2 Å². The highest BCUT2D eigenvalue weighted by atomic mass is 19.1. The van der Waals surface area contributed by atoms with Crippen LogP contribution >= 0.6 is 0 Å². The summed E-state index contributed by atoms with van der Waals surface area (Å²) in [5, 5.41) is 3.46. The van der Waals surface area contributed by atoms with Gasteiger partial charge in [-0.2, -0.15) is 0 Å². The van der Waals surface area contributed by atoms with Crippen LogP contribution in [-0.4, -0.2) is 18.6 Å². The number of nitrogens with zero attached hydrogens (tertiary/aromatic N) is 1. The molecular formula is C17H27FN2. The zero-order valence-electron chi connectivity index (χ0n) is 13.4. The Labute approximate surface area is 122 Å². The van der Waals surface area contributed by atoms with Gasteiger partial charge in [-0.05, 0) is 44.2 Å². The molecule has 0 aliphatic carbocycles. The number of halogens is 1. The Morgan fingerprint density at radius 1 is 1.30 bits per heavy atom. The second-order valence-corrected chi connectivity index (χ2v) is 7.69. The maximum Gasteiger partial charge on any atom is 0.146 e. The first kappa shape index (κ1) is 15.3. The zero-order chi connectivity index (χ0) is 15.0. The average Bonchev–Trinajstić information content (AvgIpc) is 2.65. The largest absolute Gasteiger partial charge is 0.368 e. The molecule has 1 fully saturated rings. The summed E-state index contributed by atoms with van der Waals surface area (Å²) < 4.78 is 14.3. The van der Waals surface area contributed by atoms with Gasteiger partial charge in [-0.25, -0.2) is 4.39 Å². The summed E-state index contributed by atoms with van der Waals surface area (Å²) in [4.78, 5) is 2.20. The first-order valence-electron chi connectivity index (χ1n) is 7.45. The molecule has 1 heterocycles. The molecule has 20 heavy (non-hydrogen) atoms. The smallest absolute Gasteiger partial charge is 0.146 e. The summed E-state index contributed by atoms with van der Waals surface area (Å²) in [5.74, 6) is -0.101. The van der Waals surface area contributed by atoms with Crippen LogP contribution in [0.2, 0.25) is 0 Å². The van der Waals surface area contributed by atoms with E-state index in [1.807, 2.05) is 6.07 Å². The molecule has 3 heteroatoms. The van der Waals surface area contributed by atoms with Crippen molar-refractivity contribution in [2.45, 2.75) is 53.1 Å². The van der Waals surface area contributed by atoms with Gasteiger partial charge in [-0.3, -0.25) is 0 Å². The minimum atomic E-state index is -0.101. The first-order chi connectivity index (χ1) is 9.18. The van der Waals surface area contributed by atoms with E-state index in [9.17, 15) is 4.39 Å². The third-order valence-electron chi connectivity index (χ3n) is 3.87. The number of benzene rings is 1. The Morgan fingerprint density at radius 2 is 2.00 bits per heavy atom. The molecule has 0 bridgehead atoms. The third kappa shape index (κ3) is 3.72. The number of rotatable bonds is 3. The van der Waals surface area contributed by atoms with Crippen molar-refractivity contribution in [1.82, 2.24) is 5.32 Å². The Kier molecular flexibility index (Phi) is 4.10. The van der Waals surface area contributed by atoms with E-state index < -0.39 is 0 Å². The molecule has 0 saturated carbocycles. The Hall–Kier alpha value is -1.09. The predicted octanol–water partition coefficient (Wildman–Crippen LogP) is 3.95. The second kappa shape index (κ2) is 5.36. The van der Waals surface area contributed by atoms with Gasteiger partial charge in [0, 0.05) is 25.2 Å². The number of para-hydroxylation sites is 1. The lowest BCUT2D eigenvalue weighted by atomic mass is 9.93. The van der Waals surface area contributed by atoms with Crippen LogP contribution in [0.25, 0.3) is 0 Å². The summed E-state index contributed by atoms with van der Waals surface area (Å²) in [6.45, 7) is 13.5. The van der Waals surface area contributed by atoms with Gasteiger partial charge in [0.05, 0.1) is 5.69 Å². The Morgan fingerprint density at radius 3 is 2.55 bits per heavy atom. The highest BCUT2D eigenvalue weighted by Crippen LogP contribution is 2.35. The fraction of sp³-hybridized carbons (Fsp3) is 0.647. The van der Waals surface area contributed by atoms with E-state index in [0.29, 0.717) is 6.54 Å². The maximum atomic E-state index is 14.3. The molecule has 2 rings (SSSR count). The standard InChI is InChI=1S/C17H27FN2/c1-16(2,3)19-11-13-7-6-8-14(18)15(13)20-10-9-17(4,5)12-20/h6-8,19H,9-12H2,1-5H3. The normalized spacial score (nSPS) is 18.6. The lowest BCUT2D eigenvalue weighted by Crippen LogP contribution is -2.36. The van der Waals surface area contributed by atoms with E-state index >= 15 is 0 Å². The molecule has 1 saturated heterocycles. The van der Waals surface area contributed by atoms with Crippen molar-refractivity contribution >= 4 is 5.69 Å². The first-order valence-corrected chi connectivity index (χ1v) is 7.45. The number of nitrogens with one attached hydrogen (secondary N) is 1.